The highest BCUT2D eigenvalue weighted by molar-refractivity contribution is 6.16. The molecular formula is C17H11ClF3N3O. The van der Waals surface area contributed by atoms with Crippen LogP contribution in [-0.4, -0.2) is 20.5 Å². The van der Waals surface area contributed by atoms with Crippen LogP contribution in [0.4, 0.5) is 13.2 Å². The van der Waals surface area contributed by atoms with E-state index >= 15 is 0 Å². The number of aromatic nitrogens is 3. The van der Waals surface area contributed by atoms with Gasteiger partial charge in [0.25, 0.3) is 0 Å². The summed E-state index contributed by atoms with van der Waals surface area (Å²) in [6.07, 6.45) is -3.26. The highest BCUT2D eigenvalue weighted by Crippen LogP contribution is 2.32. The summed E-state index contributed by atoms with van der Waals surface area (Å²) >= 11 is 5.79. The second-order valence-corrected chi connectivity index (χ2v) is 5.44. The third kappa shape index (κ3) is 3.41. The largest absolute Gasteiger partial charge is 0.416 e. The molecule has 0 radical (unpaired) electrons. The Labute approximate surface area is 145 Å². The van der Waals surface area contributed by atoms with Crippen molar-refractivity contribution in [3.8, 4) is 5.69 Å². The zero-order valence-corrected chi connectivity index (χ0v) is 13.4. The van der Waals surface area contributed by atoms with E-state index in [9.17, 15) is 18.0 Å². The molecule has 128 valence electrons. The van der Waals surface area contributed by atoms with E-state index in [0.717, 1.165) is 12.1 Å². The number of nitrogens with zero attached hydrogens (tertiary/aromatic N) is 3. The SMILES string of the molecule is O=C(c1ccccc1)c1cc(C(F)(F)F)ccc1-n1cnnc1CCl. The van der Waals surface area contributed by atoms with E-state index < -0.39 is 17.5 Å². The summed E-state index contributed by atoms with van der Waals surface area (Å²) in [5, 5.41) is 7.51. The van der Waals surface area contributed by atoms with Crippen LogP contribution in [0, 0.1) is 0 Å². The molecule has 8 heteroatoms. The molecule has 0 N–H and O–H groups in total. The average molecular weight is 366 g/mol. The topological polar surface area (TPSA) is 47.8 Å². The Bertz CT molecular complexity index is 907. The van der Waals surface area contributed by atoms with Gasteiger partial charge >= 0.3 is 6.18 Å². The summed E-state index contributed by atoms with van der Waals surface area (Å²) in [6.45, 7) is 0. The smallest absolute Gasteiger partial charge is 0.289 e. The van der Waals surface area contributed by atoms with Gasteiger partial charge in [0.15, 0.2) is 11.6 Å². The van der Waals surface area contributed by atoms with Crippen molar-refractivity contribution < 1.29 is 18.0 Å². The summed E-state index contributed by atoms with van der Waals surface area (Å²) in [5.74, 6) is -0.209. The Morgan fingerprint density at radius 1 is 1.12 bits per heavy atom. The van der Waals surface area contributed by atoms with Gasteiger partial charge in [-0.3, -0.25) is 9.36 Å². The standard InChI is InChI=1S/C17H11ClF3N3O/c18-9-15-23-22-10-24(15)14-7-6-12(17(19,20)21)8-13(14)16(25)11-4-2-1-3-5-11/h1-8,10H,9H2. The Hall–Kier alpha value is -2.67. The summed E-state index contributed by atoms with van der Waals surface area (Å²) in [6, 6.07) is 11.1. The molecule has 0 amide bonds. The number of hydrogen-bond acceptors (Lipinski definition) is 3. The van der Waals surface area contributed by atoms with Gasteiger partial charge in [0.05, 0.1) is 17.1 Å². The highest BCUT2D eigenvalue weighted by Gasteiger charge is 2.32. The van der Waals surface area contributed by atoms with Crippen molar-refractivity contribution in [1.82, 2.24) is 14.8 Å². The van der Waals surface area contributed by atoms with Gasteiger partial charge in [-0.1, -0.05) is 30.3 Å². The van der Waals surface area contributed by atoms with Crippen LogP contribution in [0.1, 0.15) is 27.3 Å². The molecule has 0 aliphatic carbocycles. The van der Waals surface area contributed by atoms with E-state index in [1.165, 1.54) is 17.0 Å². The first kappa shape index (κ1) is 17.2. The van der Waals surface area contributed by atoms with Crippen LogP contribution in [0.15, 0.2) is 54.9 Å². The van der Waals surface area contributed by atoms with Gasteiger partial charge in [0, 0.05) is 11.1 Å². The van der Waals surface area contributed by atoms with Crippen molar-refractivity contribution in [2.24, 2.45) is 0 Å². The molecule has 3 aromatic rings. The van der Waals surface area contributed by atoms with Crippen LogP contribution in [0.25, 0.3) is 5.69 Å². The molecule has 0 saturated heterocycles. The minimum atomic E-state index is -4.56. The van der Waals surface area contributed by atoms with Crippen molar-refractivity contribution >= 4 is 17.4 Å². The maximum Gasteiger partial charge on any atom is 0.416 e. The van der Waals surface area contributed by atoms with Gasteiger partial charge in [0.2, 0.25) is 0 Å². The molecule has 0 aliphatic heterocycles. The van der Waals surface area contributed by atoms with E-state index in [4.69, 9.17) is 11.6 Å². The summed E-state index contributed by atoms with van der Waals surface area (Å²) in [5.41, 5.74) is -0.491. The van der Waals surface area contributed by atoms with E-state index in [2.05, 4.69) is 10.2 Å². The monoisotopic (exact) mass is 365 g/mol. The van der Waals surface area contributed by atoms with Gasteiger partial charge in [-0.2, -0.15) is 13.2 Å². The van der Waals surface area contributed by atoms with Gasteiger partial charge in [0.1, 0.15) is 6.33 Å². The molecule has 1 aromatic heterocycles. The third-order valence-corrected chi connectivity index (χ3v) is 3.84. The Morgan fingerprint density at radius 3 is 2.48 bits per heavy atom. The highest BCUT2D eigenvalue weighted by atomic mass is 35.5. The lowest BCUT2D eigenvalue weighted by molar-refractivity contribution is -0.137. The lowest BCUT2D eigenvalue weighted by Gasteiger charge is -2.14. The van der Waals surface area contributed by atoms with Gasteiger partial charge < -0.3 is 0 Å². The van der Waals surface area contributed by atoms with Crippen LogP contribution < -0.4 is 0 Å². The third-order valence-electron chi connectivity index (χ3n) is 3.60. The van der Waals surface area contributed by atoms with Crippen molar-refractivity contribution in [3.63, 3.8) is 0 Å². The minimum Gasteiger partial charge on any atom is -0.289 e. The van der Waals surface area contributed by atoms with Crippen LogP contribution in [-0.2, 0) is 12.1 Å². The molecule has 0 bridgehead atoms. The maximum atomic E-state index is 13.1. The normalized spacial score (nSPS) is 11.5. The van der Waals surface area contributed by atoms with E-state index in [1.54, 1.807) is 30.3 Å². The molecule has 0 atom stereocenters. The summed E-state index contributed by atoms with van der Waals surface area (Å²) in [4.78, 5) is 12.8. The number of ketones is 1. The Kier molecular flexibility index (Phi) is 4.59. The number of carbonyl (C=O) groups is 1. The number of rotatable bonds is 4. The zero-order chi connectivity index (χ0) is 18.0. The first-order valence-electron chi connectivity index (χ1n) is 7.18. The zero-order valence-electron chi connectivity index (χ0n) is 12.7. The molecule has 4 nitrogen and oxygen atoms in total. The fourth-order valence-electron chi connectivity index (χ4n) is 2.40. The fraction of sp³-hybridized carbons (Fsp3) is 0.118. The molecule has 0 aliphatic rings. The number of halogens is 4. The molecule has 3 rings (SSSR count). The predicted octanol–water partition coefficient (Wildman–Crippen LogP) is 4.26. The number of alkyl halides is 4. The second-order valence-electron chi connectivity index (χ2n) is 5.18. The lowest BCUT2D eigenvalue weighted by Crippen LogP contribution is -2.13. The van der Waals surface area contributed by atoms with Crippen LogP contribution in [0.3, 0.4) is 0 Å². The maximum absolute atomic E-state index is 13.1. The molecule has 0 saturated carbocycles. The predicted molar refractivity (Wildman–Crippen MR) is 85.8 cm³/mol. The van der Waals surface area contributed by atoms with Gasteiger partial charge in [-0.05, 0) is 18.2 Å². The Balaban J connectivity index is 2.20. The van der Waals surface area contributed by atoms with Crippen LogP contribution >= 0.6 is 11.6 Å². The number of carbonyl (C=O) groups excluding carboxylic acids is 1. The lowest BCUT2D eigenvalue weighted by atomic mass is 9.99. The summed E-state index contributed by atoms with van der Waals surface area (Å²) < 4.78 is 40.7. The quantitative estimate of drug-likeness (QED) is 0.513. The number of hydrogen-bond donors (Lipinski definition) is 0. The second kappa shape index (κ2) is 6.68. The van der Waals surface area contributed by atoms with Crippen molar-refractivity contribution in [3.05, 3.63) is 77.4 Å². The molecule has 0 fully saturated rings. The van der Waals surface area contributed by atoms with E-state index in [0.29, 0.717) is 5.82 Å². The summed E-state index contributed by atoms with van der Waals surface area (Å²) in [7, 11) is 0. The number of benzene rings is 2. The van der Waals surface area contributed by atoms with Crippen molar-refractivity contribution in [1.29, 1.82) is 0 Å². The van der Waals surface area contributed by atoms with Crippen LogP contribution in [0.5, 0.6) is 0 Å². The van der Waals surface area contributed by atoms with Gasteiger partial charge in [-0.25, -0.2) is 0 Å². The molecule has 2 aromatic carbocycles. The van der Waals surface area contributed by atoms with Crippen molar-refractivity contribution in [2.45, 2.75) is 12.1 Å². The Morgan fingerprint density at radius 2 is 1.84 bits per heavy atom. The molecule has 1 heterocycles. The van der Waals surface area contributed by atoms with Crippen LogP contribution in [0.2, 0.25) is 0 Å². The van der Waals surface area contributed by atoms with E-state index in [1.807, 2.05) is 0 Å². The first-order chi connectivity index (χ1) is 11.9. The van der Waals surface area contributed by atoms with Crippen molar-refractivity contribution in [2.75, 3.05) is 0 Å². The molecule has 0 unspecified atom stereocenters. The van der Waals surface area contributed by atoms with Gasteiger partial charge in [-0.15, -0.1) is 21.8 Å². The fourth-order valence-corrected chi connectivity index (χ4v) is 2.58. The first-order valence-corrected chi connectivity index (χ1v) is 7.71. The minimum absolute atomic E-state index is 0.0000102. The molecule has 0 spiro atoms. The average Bonchev–Trinajstić information content (AvgIpc) is 3.09. The molecule has 25 heavy (non-hydrogen) atoms. The van der Waals surface area contributed by atoms with E-state index in [-0.39, 0.29) is 22.7 Å². The molecular weight excluding hydrogens is 355 g/mol.